The highest BCUT2D eigenvalue weighted by atomic mass is 32.2. The second-order valence-corrected chi connectivity index (χ2v) is 10.7. The van der Waals surface area contributed by atoms with Gasteiger partial charge in [-0.15, -0.1) is 5.10 Å². The van der Waals surface area contributed by atoms with Crippen molar-refractivity contribution in [2.75, 3.05) is 44.7 Å². The number of aromatic nitrogens is 3. The second-order valence-electron chi connectivity index (χ2n) is 9.66. The molecule has 3 aromatic carbocycles. The van der Waals surface area contributed by atoms with Crippen LogP contribution >= 0.6 is 11.8 Å². The molecule has 13 heteroatoms. The van der Waals surface area contributed by atoms with Crippen LogP contribution in [-0.2, 0) is 0 Å². The predicted octanol–water partition coefficient (Wildman–Crippen LogP) is 5.64. The fourth-order valence-electron chi connectivity index (χ4n) is 5.16. The van der Waals surface area contributed by atoms with Crippen molar-refractivity contribution in [3.63, 3.8) is 0 Å². The van der Waals surface area contributed by atoms with Crippen LogP contribution in [0.1, 0.15) is 29.7 Å². The van der Waals surface area contributed by atoms with E-state index in [1.807, 2.05) is 48.2 Å². The Balaban J connectivity index is 1.25. The number of allylic oxidation sites excluding steroid dienone is 1. The molecule has 12 nitrogen and oxygen atoms in total. The number of methoxy groups -OCH3 is 2. The zero-order valence-electron chi connectivity index (χ0n) is 23.7. The van der Waals surface area contributed by atoms with Crippen LogP contribution in [0.3, 0.4) is 0 Å². The van der Waals surface area contributed by atoms with E-state index in [0.717, 1.165) is 22.4 Å². The van der Waals surface area contributed by atoms with Crippen molar-refractivity contribution in [2.45, 2.75) is 18.1 Å². The van der Waals surface area contributed by atoms with Gasteiger partial charge in [-0.05, 0) is 66.1 Å². The van der Waals surface area contributed by atoms with E-state index in [0.29, 0.717) is 65.4 Å². The average Bonchev–Trinajstić information content (AvgIpc) is 3.50. The van der Waals surface area contributed by atoms with E-state index in [2.05, 4.69) is 10.2 Å². The third-order valence-electron chi connectivity index (χ3n) is 7.09. The van der Waals surface area contributed by atoms with E-state index in [9.17, 15) is 10.1 Å². The summed E-state index contributed by atoms with van der Waals surface area (Å²) in [7, 11) is 3.18. The summed E-state index contributed by atoms with van der Waals surface area (Å²) in [5.74, 6) is 4.26. The van der Waals surface area contributed by atoms with Crippen LogP contribution in [0, 0.1) is 10.1 Å². The Hall–Kier alpha value is -4.91. The Morgan fingerprint density at radius 3 is 2.60 bits per heavy atom. The maximum absolute atomic E-state index is 11.3. The lowest BCUT2D eigenvalue weighted by Gasteiger charge is -2.37. The molecule has 2 aliphatic rings. The quantitative estimate of drug-likeness (QED) is 0.104. The predicted molar refractivity (Wildman–Crippen MR) is 161 cm³/mol. The Morgan fingerprint density at radius 2 is 1.84 bits per heavy atom. The minimum atomic E-state index is -0.410. The standard InChI is InChI=1S/C30H29N5O7S/c1-18-15-20-16-25(38-2)26(39-3)17-22(20)27(19-7-9-21(10-8-19)35(36)37)34(18)29-31-30(33-32-29)43-14-13-41-24-6-4-5-23-28(24)42-12-11-40-23/h4-10,15-17,27H,11-14H2,1-3H3,(H,31,32,33). The van der Waals surface area contributed by atoms with Gasteiger partial charge in [-0.1, -0.05) is 17.8 Å². The molecule has 43 heavy (non-hydrogen) atoms. The summed E-state index contributed by atoms with van der Waals surface area (Å²) in [6.07, 6.45) is 2.04. The number of nitro benzene ring substituents is 1. The molecule has 3 heterocycles. The van der Waals surface area contributed by atoms with Crippen molar-refractivity contribution >= 4 is 29.5 Å². The molecule has 4 aromatic rings. The average molecular weight is 604 g/mol. The number of non-ortho nitro benzene ring substituents is 1. The molecule has 1 N–H and O–H groups in total. The number of thioether (sulfide) groups is 1. The van der Waals surface area contributed by atoms with E-state index < -0.39 is 4.92 Å². The number of aromatic amines is 1. The fourth-order valence-corrected chi connectivity index (χ4v) is 5.77. The number of fused-ring (bicyclic) bond motifs is 2. The third-order valence-corrected chi connectivity index (χ3v) is 7.90. The van der Waals surface area contributed by atoms with Gasteiger partial charge in [-0.3, -0.25) is 10.1 Å². The number of para-hydroxylation sites is 1. The lowest BCUT2D eigenvalue weighted by Crippen LogP contribution is -2.32. The van der Waals surface area contributed by atoms with Crippen LogP contribution in [0.5, 0.6) is 28.7 Å². The summed E-state index contributed by atoms with van der Waals surface area (Å²) in [5.41, 5.74) is 3.62. The highest BCUT2D eigenvalue weighted by Gasteiger charge is 2.33. The van der Waals surface area contributed by atoms with Gasteiger partial charge in [0.1, 0.15) is 13.2 Å². The van der Waals surface area contributed by atoms with Crippen molar-refractivity contribution in [3.05, 3.63) is 87.1 Å². The summed E-state index contributed by atoms with van der Waals surface area (Å²) in [4.78, 5) is 17.7. The first-order valence-electron chi connectivity index (χ1n) is 13.5. The minimum absolute atomic E-state index is 0.0154. The second kappa shape index (κ2) is 12.1. The van der Waals surface area contributed by atoms with Gasteiger partial charge in [-0.25, -0.2) is 5.10 Å². The number of nitrogens with zero attached hydrogens (tertiary/aromatic N) is 4. The maximum atomic E-state index is 11.3. The van der Waals surface area contributed by atoms with Gasteiger partial charge < -0.3 is 28.6 Å². The number of nitro groups is 1. The highest BCUT2D eigenvalue weighted by molar-refractivity contribution is 7.99. The summed E-state index contributed by atoms with van der Waals surface area (Å²) < 4.78 is 28.5. The molecule has 0 saturated heterocycles. The number of nitrogens with one attached hydrogen (secondary N) is 1. The van der Waals surface area contributed by atoms with Gasteiger partial charge in [0.2, 0.25) is 16.9 Å². The lowest BCUT2D eigenvalue weighted by atomic mass is 9.89. The molecule has 1 aromatic heterocycles. The number of anilines is 1. The molecule has 0 spiro atoms. The van der Waals surface area contributed by atoms with Gasteiger partial charge in [0.15, 0.2) is 23.0 Å². The third kappa shape index (κ3) is 5.63. The Kier molecular flexibility index (Phi) is 7.97. The number of H-pyrrole nitrogens is 1. The Bertz CT molecular complexity index is 1670. The van der Waals surface area contributed by atoms with Crippen LogP contribution in [0.15, 0.2) is 65.5 Å². The fraction of sp³-hybridized carbons (Fsp3) is 0.267. The molecular weight excluding hydrogens is 574 g/mol. The summed E-state index contributed by atoms with van der Waals surface area (Å²) in [5, 5.41) is 19.4. The van der Waals surface area contributed by atoms with Crippen LogP contribution < -0.4 is 28.6 Å². The van der Waals surface area contributed by atoms with Crippen molar-refractivity contribution in [1.82, 2.24) is 15.2 Å². The van der Waals surface area contributed by atoms with Crippen molar-refractivity contribution in [1.29, 1.82) is 0 Å². The lowest BCUT2D eigenvalue weighted by molar-refractivity contribution is -0.384. The topological polar surface area (TPSA) is 134 Å². The molecule has 6 rings (SSSR count). The molecule has 222 valence electrons. The molecule has 1 unspecified atom stereocenters. The first-order valence-corrected chi connectivity index (χ1v) is 14.5. The molecule has 0 amide bonds. The van der Waals surface area contributed by atoms with E-state index in [1.165, 1.54) is 23.9 Å². The summed E-state index contributed by atoms with van der Waals surface area (Å²) in [6, 6.07) is 15.6. The first-order chi connectivity index (χ1) is 21.0. The zero-order chi connectivity index (χ0) is 29.9. The number of rotatable bonds is 10. The van der Waals surface area contributed by atoms with Crippen LogP contribution in [0.4, 0.5) is 11.6 Å². The molecular formula is C30H29N5O7S. The van der Waals surface area contributed by atoms with E-state index >= 15 is 0 Å². The molecule has 0 saturated carbocycles. The SMILES string of the molecule is COc1cc2c(cc1OC)C(c1ccc([N+](=O)[O-])cc1)N(c1nc(SCCOc3cccc4c3OCCO4)n[nH]1)C(C)=C2. The number of benzene rings is 3. The van der Waals surface area contributed by atoms with Gasteiger partial charge in [0, 0.05) is 23.6 Å². The van der Waals surface area contributed by atoms with E-state index in [-0.39, 0.29) is 11.7 Å². The van der Waals surface area contributed by atoms with E-state index in [4.69, 9.17) is 28.7 Å². The monoisotopic (exact) mass is 603 g/mol. The molecule has 1 atom stereocenters. The molecule has 2 aliphatic heterocycles. The first kappa shape index (κ1) is 28.2. The van der Waals surface area contributed by atoms with Crippen LogP contribution in [0.25, 0.3) is 6.08 Å². The van der Waals surface area contributed by atoms with Gasteiger partial charge in [0.25, 0.3) is 5.69 Å². The maximum Gasteiger partial charge on any atom is 0.269 e. The van der Waals surface area contributed by atoms with Crippen molar-refractivity contribution in [3.8, 4) is 28.7 Å². The Labute approximate surface area is 251 Å². The number of ether oxygens (including phenoxy) is 5. The largest absolute Gasteiger partial charge is 0.493 e. The van der Waals surface area contributed by atoms with Crippen molar-refractivity contribution < 1.29 is 28.6 Å². The van der Waals surface area contributed by atoms with Gasteiger partial charge in [0.05, 0.1) is 31.8 Å². The minimum Gasteiger partial charge on any atom is -0.493 e. The van der Waals surface area contributed by atoms with Crippen LogP contribution in [0.2, 0.25) is 0 Å². The Morgan fingerprint density at radius 1 is 1.07 bits per heavy atom. The molecule has 0 fully saturated rings. The molecule has 0 aliphatic carbocycles. The molecule has 0 radical (unpaired) electrons. The summed E-state index contributed by atoms with van der Waals surface area (Å²) in [6.45, 7) is 3.40. The number of hydrogen-bond acceptors (Lipinski definition) is 11. The van der Waals surface area contributed by atoms with Gasteiger partial charge in [-0.2, -0.15) is 4.98 Å². The number of hydrogen-bond donors (Lipinski definition) is 1. The molecule has 0 bridgehead atoms. The zero-order valence-corrected chi connectivity index (χ0v) is 24.6. The highest BCUT2D eigenvalue weighted by Crippen LogP contribution is 2.45. The van der Waals surface area contributed by atoms with Crippen LogP contribution in [-0.4, -0.2) is 59.9 Å². The van der Waals surface area contributed by atoms with E-state index in [1.54, 1.807) is 26.4 Å². The summed E-state index contributed by atoms with van der Waals surface area (Å²) >= 11 is 1.45. The smallest absolute Gasteiger partial charge is 0.269 e. The normalized spacial score (nSPS) is 15.4. The van der Waals surface area contributed by atoms with Gasteiger partial charge >= 0.3 is 0 Å². The van der Waals surface area contributed by atoms with Crippen molar-refractivity contribution in [2.24, 2.45) is 0 Å².